The number of nitrogens with one attached hydrogen (secondary N) is 2. The van der Waals surface area contributed by atoms with Gasteiger partial charge < -0.3 is 16.3 Å². The highest BCUT2D eigenvalue weighted by molar-refractivity contribution is 6.31. The summed E-state index contributed by atoms with van der Waals surface area (Å²) in [5.74, 6) is 10.8. The molecule has 6 heteroatoms. The molecule has 1 aromatic carbocycles. The Kier molecular flexibility index (Phi) is 2.49. The molecule has 2 rings (SSSR count). The van der Waals surface area contributed by atoms with Crippen LogP contribution in [0.25, 0.3) is 10.9 Å². The van der Waals surface area contributed by atoms with E-state index in [-0.39, 0.29) is 0 Å². The van der Waals surface area contributed by atoms with Crippen LogP contribution in [0.4, 0.5) is 0 Å². The number of halogens is 1. The summed E-state index contributed by atoms with van der Waals surface area (Å²) in [6.45, 7) is 0. The Morgan fingerprint density at radius 3 is 2.87 bits per heavy atom. The lowest BCUT2D eigenvalue weighted by Crippen LogP contribution is -2.32. The van der Waals surface area contributed by atoms with Crippen molar-refractivity contribution >= 4 is 28.3 Å². The summed E-state index contributed by atoms with van der Waals surface area (Å²) in [7, 11) is 0. The normalized spacial score (nSPS) is 12.0. The number of amidine groups is 1. The fourth-order valence-corrected chi connectivity index (χ4v) is 1.60. The second-order valence-corrected chi connectivity index (χ2v) is 3.47. The van der Waals surface area contributed by atoms with E-state index in [4.69, 9.17) is 23.3 Å². The molecule has 1 aromatic heterocycles. The van der Waals surface area contributed by atoms with Gasteiger partial charge in [-0.25, -0.2) is 5.84 Å². The smallest absolute Gasteiger partial charge is 0.183 e. The molecule has 5 nitrogen and oxygen atoms in total. The van der Waals surface area contributed by atoms with Crippen LogP contribution in [0.1, 0.15) is 5.69 Å². The molecular formula is C9H10ClN5. The lowest BCUT2D eigenvalue weighted by Gasteiger charge is -1.98. The molecule has 0 amide bonds. The van der Waals surface area contributed by atoms with Crippen LogP contribution in [-0.4, -0.2) is 10.8 Å². The van der Waals surface area contributed by atoms with Gasteiger partial charge in [0.2, 0.25) is 0 Å². The van der Waals surface area contributed by atoms with E-state index < -0.39 is 0 Å². The van der Waals surface area contributed by atoms with E-state index in [0.29, 0.717) is 10.9 Å². The monoisotopic (exact) mass is 223 g/mol. The molecule has 0 saturated carbocycles. The van der Waals surface area contributed by atoms with Crippen molar-refractivity contribution in [3.05, 3.63) is 35.0 Å². The molecule has 0 bridgehead atoms. The molecule has 78 valence electrons. The number of fused-ring (bicyclic) bond motifs is 1. The summed E-state index contributed by atoms with van der Waals surface area (Å²) < 4.78 is 0. The molecule has 0 fully saturated rings. The zero-order chi connectivity index (χ0) is 10.8. The standard InChI is InChI=1S/C9H10ClN5/c10-6-1-2-7-5(3-6)4-8(13-7)9(14-11)15-12/h1-4,13H,11-12H2,(H,14,15). The van der Waals surface area contributed by atoms with Crippen LogP contribution in [0.15, 0.2) is 29.4 Å². The molecule has 0 spiro atoms. The zero-order valence-electron chi connectivity index (χ0n) is 7.79. The Labute approximate surface area is 91.1 Å². The number of H-pyrrole nitrogens is 1. The van der Waals surface area contributed by atoms with Gasteiger partial charge in [-0.15, -0.1) is 0 Å². The van der Waals surface area contributed by atoms with E-state index in [9.17, 15) is 0 Å². The highest BCUT2D eigenvalue weighted by atomic mass is 35.5. The summed E-state index contributed by atoms with van der Waals surface area (Å²) >= 11 is 5.87. The number of hydrazine groups is 1. The van der Waals surface area contributed by atoms with Gasteiger partial charge in [-0.3, -0.25) is 0 Å². The molecular weight excluding hydrogens is 214 g/mol. The summed E-state index contributed by atoms with van der Waals surface area (Å²) in [6, 6.07) is 7.40. The first-order valence-corrected chi connectivity index (χ1v) is 4.65. The third kappa shape index (κ3) is 1.74. The molecule has 0 atom stereocenters. The van der Waals surface area contributed by atoms with Crippen molar-refractivity contribution in [1.29, 1.82) is 0 Å². The molecule has 15 heavy (non-hydrogen) atoms. The van der Waals surface area contributed by atoms with E-state index in [1.54, 1.807) is 6.07 Å². The molecule has 0 aliphatic rings. The van der Waals surface area contributed by atoms with Crippen molar-refractivity contribution in [1.82, 2.24) is 10.4 Å². The van der Waals surface area contributed by atoms with E-state index in [0.717, 1.165) is 16.6 Å². The number of aromatic nitrogens is 1. The van der Waals surface area contributed by atoms with Gasteiger partial charge in [-0.05, 0) is 24.3 Å². The fourth-order valence-electron chi connectivity index (χ4n) is 1.42. The lowest BCUT2D eigenvalue weighted by atomic mass is 10.2. The third-order valence-corrected chi connectivity index (χ3v) is 2.34. The van der Waals surface area contributed by atoms with Crippen molar-refractivity contribution in [2.24, 2.45) is 16.8 Å². The Hall–Kier alpha value is -1.72. The van der Waals surface area contributed by atoms with Crippen LogP contribution >= 0.6 is 11.6 Å². The number of hydrogen-bond donors (Lipinski definition) is 4. The first-order valence-electron chi connectivity index (χ1n) is 4.27. The van der Waals surface area contributed by atoms with Gasteiger partial charge in [0.15, 0.2) is 5.84 Å². The number of hydrazone groups is 1. The third-order valence-electron chi connectivity index (χ3n) is 2.10. The summed E-state index contributed by atoms with van der Waals surface area (Å²) in [6.07, 6.45) is 0. The first-order chi connectivity index (χ1) is 7.24. The fraction of sp³-hybridized carbons (Fsp3) is 0. The number of nitrogens with zero attached hydrogens (tertiary/aromatic N) is 1. The number of nitrogens with two attached hydrogens (primary N) is 2. The van der Waals surface area contributed by atoms with Crippen LogP contribution in [0, 0.1) is 0 Å². The lowest BCUT2D eigenvalue weighted by molar-refractivity contribution is 0.997. The SMILES string of the molecule is NN=C(NN)c1cc2cc(Cl)ccc2[nH]1. The van der Waals surface area contributed by atoms with Crippen LogP contribution in [0.3, 0.4) is 0 Å². The van der Waals surface area contributed by atoms with Gasteiger partial charge in [0.1, 0.15) is 0 Å². The summed E-state index contributed by atoms with van der Waals surface area (Å²) in [4.78, 5) is 3.11. The minimum absolute atomic E-state index is 0.391. The molecule has 0 aliphatic carbocycles. The van der Waals surface area contributed by atoms with Crippen LogP contribution in [-0.2, 0) is 0 Å². The molecule has 2 aromatic rings. The minimum Gasteiger partial charge on any atom is -0.352 e. The quantitative estimate of drug-likeness (QED) is 0.251. The van der Waals surface area contributed by atoms with Crippen molar-refractivity contribution in [2.75, 3.05) is 0 Å². The Morgan fingerprint density at radius 1 is 1.40 bits per heavy atom. The van der Waals surface area contributed by atoms with Crippen molar-refractivity contribution in [3.63, 3.8) is 0 Å². The molecule has 1 heterocycles. The number of rotatable bonds is 1. The average Bonchev–Trinajstić information content (AvgIpc) is 2.62. The maximum Gasteiger partial charge on any atom is 0.183 e. The topological polar surface area (TPSA) is 92.2 Å². The molecule has 0 saturated heterocycles. The van der Waals surface area contributed by atoms with E-state index in [1.807, 2.05) is 18.2 Å². The Bertz CT molecular complexity index is 516. The maximum atomic E-state index is 5.87. The van der Waals surface area contributed by atoms with E-state index in [2.05, 4.69) is 15.5 Å². The zero-order valence-corrected chi connectivity index (χ0v) is 8.55. The Morgan fingerprint density at radius 2 is 2.20 bits per heavy atom. The number of hydrogen-bond acceptors (Lipinski definition) is 3. The van der Waals surface area contributed by atoms with Crippen LogP contribution in [0.5, 0.6) is 0 Å². The van der Waals surface area contributed by atoms with Gasteiger partial charge >= 0.3 is 0 Å². The molecule has 6 N–H and O–H groups in total. The van der Waals surface area contributed by atoms with Gasteiger partial charge in [0, 0.05) is 15.9 Å². The van der Waals surface area contributed by atoms with Crippen LogP contribution < -0.4 is 17.1 Å². The summed E-state index contributed by atoms with van der Waals surface area (Å²) in [5.41, 5.74) is 4.07. The highest BCUT2D eigenvalue weighted by Crippen LogP contribution is 2.19. The predicted octanol–water partition coefficient (Wildman–Crippen LogP) is 0.905. The first kappa shape index (κ1) is 9.82. The molecule has 0 radical (unpaired) electrons. The second-order valence-electron chi connectivity index (χ2n) is 3.04. The maximum absolute atomic E-state index is 5.87. The predicted molar refractivity (Wildman–Crippen MR) is 61.4 cm³/mol. The van der Waals surface area contributed by atoms with E-state index >= 15 is 0 Å². The minimum atomic E-state index is 0.391. The van der Waals surface area contributed by atoms with Gasteiger partial charge in [0.05, 0.1) is 5.69 Å². The summed E-state index contributed by atoms with van der Waals surface area (Å²) in [5, 5.41) is 5.17. The van der Waals surface area contributed by atoms with Gasteiger partial charge in [-0.2, -0.15) is 5.10 Å². The van der Waals surface area contributed by atoms with Gasteiger partial charge in [-0.1, -0.05) is 11.6 Å². The van der Waals surface area contributed by atoms with Crippen molar-refractivity contribution in [3.8, 4) is 0 Å². The average molecular weight is 224 g/mol. The van der Waals surface area contributed by atoms with Crippen molar-refractivity contribution < 1.29 is 0 Å². The Balaban J connectivity index is 2.56. The number of aromatic amines is 1. The number of benzene rings is 1. The highest BCUT2D eigenvalue weighted by Gasteiger charge is 2.06. The van der Waals surface area contributed by atoms with Crippen LogP contribution in [0.2, 0.25) is 5.02 Å². The molecule has 0 unspecified atom stereocenters. The van der Waals surface area contributed by atoms with Crippen molar-refractivity contribution in [2.45, 2.75) is 0 Å². The van der Waals surface area contributed by atoms with Gasteiger partial charge in [0.25, 0.3) is 0 Å². The second kappa shape index (κ2) is 3.80. The molecule has 0 aliphatic heterocycles. The van der Waals surface area contributed by atoms with E-state index in [1.165, 1.54) is 0 Å². The largest absolute Gasteiger partial charge is 0.352 e.